The largest absolute Gasteiger partial charge is 0.310 e. The Kier molecular flexibility index (Phi) is 2.89. The molecule has 2 nitrogen and oxygen atoms in total. The molecule has 1 saturated carbocycles. The van der Waals surface area contributed by atoms with Gasteiger partial charge in [0.05, 0.1) is 5.52 Å². The Bertz CT molecular complexity index is 561. The van der Waals surface area contributed by atoms with Gasteiger partial charge in [0.25, 0.3) is 0 Å². The molecule has 1 aliphatic rings. The van der Waals surface area contributed by atoms with Crippen molar-refractivity contribution in [1.82, 2.24) is 10.3 Å². The summed E-state index contributed by atoms with van der Waals surface area (Å²) < 4.78 is 1.11. The van der Waals surface area contributed by atoms with Gasteiger partial charge in [0.2, 0.25) is 0 Å². The summed E-state index contributed by atoms with van der Waals surface area (Å²) in [5, 5.41) is 4.82. The molecule has 0 atom stereocenters. The summed E-state index contributed by atoms with van der Waals surface area (Å²) in [5.41, 5.74) is 3.52. The van der Waals surface area contributed by atoms with E-state index in [4.69, 9.17) is 0 Å². The number of halogens is 1. The molecule has 3 heteroatoms. The molecule has 1 aliphatic carbocycles. The molecule has 2 aromatic rings. The van der Waals surface area contributed by atoms with Gasteiger partial charge in [-0.1, -0.05) is 15.9 Å². The minimum absolute atomic E-state index is 0.741. The lowest BCUT2D eigenvalue weighted by molar-refractivity contribution is 0.690. The van der Waals surface area contributed by atoms with Gasteiger partial charge < -0.3 is 5.32 Å². The van der Waals surface area contributed by atoms with Crippen LogP contribution in [0.2, 0.25) is 0 Å². The van der Waals surface area contributed by atoms with Gasteiger partial charge in [-0.2, -0.15) is 0 Å². The van der Waals surface area contributed by atoms with Crippen molar-refractivity contribution >= 4 is 26.8 Å². The van der Waals surface area contributed by atoms with E-state index in [0.717, 1.165) is 28.3 Å². The molecular weight excluding hydrogens is 276 g/mol. The van der Waals surface area contributed by atoms with Crippen molar-refractivity contribution in [2.45, 2.75) is 32.4 Å². The first-order valence-electron chi connectivity index (χ1n) is 6.01. The van der Waals surface area contributed by atoms with Crippen molar-refractivity contribution in [1.29, 1.82) is 0 Å². The molecule has 3 rings (SSSR count). The quantitative estimate of drug-likeness (QED) is 0.935. The van der Waals surface area contributed by atoms with Crippen LogP contribution in [0.5, 0.6) is 0 Å². The summed E-state index contributed by atoms with van der Waals surface area (Å²) in [7, 11) is 0. The second kappa shape index (κ2) is 4.39. The van der Waals surface area contributed by atoms with Crippen LogP contribution in [0.15, 0.2) is 28.7 Å². The maximum Gasteiger partial charge on any atom is 0.0709 e. The smallest absolute Gasteiger partial charge is 0.0709 e. The van der Waals surface area contributed by atoms with Crippen LogP contribution in [-0.2, 0) is 6.54 Å². The predicted octanol–water partition coefficient (Wildman–Crippen LogP) is 3.56. The standard InChI is InChI=1S/C14H15BrN2/c1-9-6-10(8-16-12-3-4-12)13-7-11(15)2-5-14(13)17-9/h2,5-7,12,16H,3-4,8H2,1H3. The average molecular weight is 291 g/mol. The van der Waals surface area contributed by atoms with Gasteiger partial charge in [-0.25, -0.2) is 0 Å². The molecule has 0 aliphatic heterocycles. The topological polar surface area (TPSA) is 24.9 Å². The van der Waals surface area contributed by atoms with E-state index < -0.39 is 0 Å². The van der Waals surface area contributed by atoms with Gasteiger partial charge in [0.1, 0.15) is 0 Å². The third-order valence-electron chi connectivity index (χ3n) is 3.14. The first kappa shape index (κ1) is 11.2. The van der Waals surface area contributed by atoms with Crippen LogP contribution in [0, 0.1) is 6.92 Å². The fourth-order valence-electron chi connectivity index (χ4n) is 2.10. The van der Waals surface area contributed by atoms with Crippen LogP contribution in [0.3, 0.4) is 0 Å². The fraction of sp³-hybridized carbons (Fsp3) is 0.357. The molecule has 0 bridgehead atoms. The van der Waals surface area contributed by atoms with Crippen molar-refractivity contribution < 1.29 is 0 Å². The number of pyridine rings is 1. The zero-order chi connectivity index (χ0) is 11.8. The Morgan fingerprint density at radius 1 is 1.35 bits per heavy atom. The van der Waals surface area contributed by atoms with E-state index in [-0.39, 0.29) is 0 Å². The molecule has 1 fully saturated rings. The van der Waals surface area contributed by atoms with Crippen molar-refractivity contribution in [3.05, 3.63) is 40.0 Å². The van der Waals surface area contributed by atoms with Crippen LogP contribution in [0.1, 0.15) is 24.1 Å². The number of hydrogen-bond donors (Lipinski definition) is 1. The highest BCUT2D eigenvalue weighted by molar-refractivity contribution is 9.10. The lowest BCUT2D eigenvalue weighted by atomic mass is 10.1. The van der Waals surface area contributed by atoms with Crippen molar-refractivity contribution in [2.75, 3.05) is 0 Å². The molecular formula is C14H15BrN2. The number of hydrogen-bond acceptors (Lipinski definition) is 2. The van der Waals surface area contributed by atoms with E-state index in [9.17, 15) is 0 Å². The summed E-state index contributed by atoms with van der Waals surface area (Å²) in [6.45, 7) is 3.00. The predicted molar refractivity (Wildman–Crippen MR) is 74.0 cm³/mol. The molecule has 1 aromatic heterocycles. The summed E-state index contributed by atoms with van der Waals surface area (Å²) in [4.78, 5) is 4.57. The fourth-order valence-corrected chi connectivity index (χ4v) is 2.46. The maximum absolute atomic E-state index is 4.57. The highest BCUT2D eigenvalue weighted by Gasteiger charge is 2.20. The molecule has 0 unspecified atom stereocenters. The number of rotatable bonds is 3. The number of aromatic nitrogens is 1. The molecule has 0 spiro atoms. The second-order valence-corrected chi connectivity index (χ2v) is 5.66. The van der Waals surface area contributed by atoms with Crippen LogP contribution in [0.25, 0.3) is 10.9 Å². The number of fused-ring (bicyclic) bond motifs is 1. The SMILES string of the molecule is Cc1cc(CNC2CC2)c2cc(Br)ccc2n1. The Morgan fingerprint density at radius 3 is 2.94 bits per heavy atom. The molecule has 1 heterocycles. The summed E-state index contributed by atoms with van der Waals surface area (Å²) in [5.74, 6) is 0. The molecule has 88 valence electrons. The molecule has 0 radical (unpaired) electrons. The van der Waals surface area contributed by atoms with E-state index in [1.54, 1.807) is 0 Å². The third kappa shape index (κ3) is 2.50. The van der Waals surface area contributed by atoms with Gasteiger partial charge >= 0.3 is 0 Å². The highest BCUT2D eigenvalue weighted by atomic mass is 79.9. The minimum atomic E-state index is 0.741. The Labute approximate surface area is 110 Å². The van der Waals surface area contributed by atoms with Crippen LogP contribution < -0.4 is 5.32 Å². The van der Waals surface area contributed by atoms with Gasteiger partial charge in [-0.15, -0.1) is 0 Å². The first-order valence-corrected chi connectivity index (χ1v) is 6.81. The first-order chi connectivity index (χ1) is 8.22. The minimum Gasteiger partial charge on any atom is -0.310 e. The van der Waals surface area contributed by atoms with E-state index in [2.05, 4.69) is 51.4 Å². The second-order valence-electron chi connectivity index (χ2n) is 4.74. The molecule has 0 amide bonds. The van der Waals surface area contributed by atoms with E-state index in [1.807, 2.05) is 6.07 Å². The highest BCUT2D eigenvalue weighted by Crippen LogP contribution is 2.24. The number of nitrogens with one attached hydrogen (secondary N) is 1. The van der Waals surface area contributed by atoms with E-state index in [0.29, 0.717) is 0 Å². The van der Waals surface area contributed by atoms with Crippen molar-refractivity contribution in [3.8, 4) is 0 Å². The summed E-state index contributed by atoms with van der Waals surface area (Å²) >= 11 is 3.53. The summed E-state index contributed by atoms with van der Waals surface area (Å²) in [6.07, 6.45) is 2.65. The Balaban J connectivity index is 2.02. The van der Waals surface area contributed by atoms with Crippen LogP contribution >= 0.6 is 15.9 Å². The van der Waals surface area contributed by atoms with Gasteiger partial charge in [-0.05, 0) is 49.6 Å². The zero-order valence-corrected chi connectivity index (χ0v) is 11.4. The van der Waals surface area contributed by atoms with Crippen LogP contribution in [-0.4, -0.2) is 11.0 Å². The number of benzene rings is 1. The molecule has 1 N–H and O–H groups in total. The molecule has 1 aromatic carbocycles. The molecule has 17 heavy (non-hydrogen) atoms. The van der Waals surface area contributed by atoms with Crippen molar-refractivity contribution in [3.63, 3.8) is 0 Å². The Morgan fingerprint density at radius 2 is 2.18 bits per heavy atom. The van der Waals surface area contributed by atoms with Gasteiger partial charge in [0, 0.05) is 28.1 Å². The normalized spacial score (nSPS) is 15.4. The van der Waals surface area contributed by atoms with Gasteiger partial charge in [0.15, 0.2) is 0 Å². The third-order valence-corrected chi connectivity index (χ3v) is 3.64. The lowest BCUT2D eigenvalue weighted by Crippen LogP contribution is -2.15. The van der Waals surface area contributed by atoms with Crippen molar-refractivity contribution in [2.24, 2.45) is 0 Å². The van der Waals surface area contributed by atoms with E-state index >= 15 is 0 Å². The average Bonchev–Trinajstić information content (AvgIpc) is 3.10. The number of nitrogens with zero attached hydrogens (tertiary/aromatic N) is 1. The van der Waals surface area contributed by atoms with Crippen LogP contribution in [0.4, 0.5) is 0 Å². The lowest BCUT2D eigenvalue weighted by Gasteiger charge is -2.09. The maximum atomic E-state index is 4.57. The molecule has 0 saturated heterocycles. The number of aryl methyl sites for hydroxylation is 1. The Hall–Kier alpha value is -0.930. The monoisotopic (exact) mass is 290 g/mol. The zero-order valence-electron chi connectivity index (χ0n) is 9.83. The van der Waals surface area contributed by atoms with Gasteiger partial charge in [-0.3, -0.25) is 4.98 Å². The van der Waals surface area contributed by atoms with E-state index in [1.165, 1.54) is 23.8 Å². The summed E-state index contributed by atoms with van der Waals surface area (Å²) in [6, 6.07) is 9.21.